The molecule has 0 saturated carbocycles. The fourth-order valence-corrected chi connectivity index (χ4v) is 11.5. The number of aliphatic carboxylic acids is 3. The maximum absolute atomic E-state index is 12.4. The standard InChI is InChI=1S/C26H41NO7.C26H45NO6S.C25H41NO5.Na/c1-3-4-5-6-7-8-9-10-11-12-13-23(20-14-16-21(33-2)17-15-20)34-26(32)27-22(25(30)31)18-19-24(28)29;1-4-5-6-7-8-9-10-11-12-13-15-25(23-16-18-24(19-17-23)32-22(2)3)33-26(28)27-20-14-21-34(29,30)31;1-3-4-5-6-7-8-9-10-11-12-14-23(21-16-18-22(30-2)19-17-21)31-25(29)26-20-13-15-24(27)28;/h14-17,22-23H,3-13,18-19H2,1-2H3,(H,27,32)(H,28,29)(H,30,31);16-19,22,25H,4-15,20-21H2,1-3H3,(H,27,28)(H,29,30,31);16-19,23H,3-15,20H2,1-2H3,(H,26,29)(H,27,28);/q;;;+1/p-1. The summed E-state index contributed by atoms with van der Waals surface area (Å²) in [6.45, 7) is 11.0. The van der Waals surface area contributed by atoms with E-state index in [1.165, 1.54) is 148 Å². The van der Waals surface area contributed by atoms with E-state index < -0.39 is 70.3 Å². The summed E-state index contributed by atoms with van der Waals surface area (Å²) >= 11 is 0. The molecule has 0 fully saturated rings. The molecule has 564 valence electrons. The molecule has 3 rings (SSSR count). The van der Waals surface area contributed by atoms with Crippen LogP contribution in [-0.4, -0.2) is 110 Å². The van der Waals surface area contributed by atoms with Gasteiger partial charge in [-0.3, -0.25) is 9.59 Å². The van der Waals surface area contributed by atoms with E-state index in [0.29, 0.717) is 31.6 Å². The third-order valence-corrected chi connectivity index (χ3v) is 17.5. The van der Waals surface area contributed by atoms with Crippen molar-refractivity contribution < 1.29 is 115 Å². The Morgan fingerprint density at radius 1 is 0.410 bits per heavy atom. The van der Waals surface area contributed by atoms with Crippen molar-refractivity contribution in [2.45, 2.75) is 309 Å². The number of carboxylic acid groups (broad SMARTS) is 3. The molecule has 21 nitrogen and oxygen atoms in total. The van der Waals surface area contributed by atoms with Gasteiger partial charge in [0.15, 0.2) is 0 Å². The molecule has 0 aromatic heterocycles. The first-order valence-corrected chi connectivity index (χ1v) is 38.7. The monoisotopic (exact) mass is 1440 g/mol. The topological polar surface area (TPSA) is 312 Å². The number of alkyl carbamates (subject to hydrolysis) is 3. The number of carboxylic acids is 3. The Morgan fingerprint density at radius 2 is 0.710 bits per heavy atom. The predicted octanol–water partition coefficient (Wildman–Crippen LogP) is 16.2. The number of methoxy groups -OCH3 is 2. The quantitative estimate of drug-likeness (QED) is 0.0132. The number of amides is 3. The molecule has 100 heavy (non-hydrogen) atoms. The minimum atomic E-state index is -4.28. The van der Waals surface area contributed by atoms with Gasteiger partial charge in [0.2, 0.25) is 0 Å². The van der Waals surface area contributed by atoms with Gasteiger partial charge in [-0.1, -0.05) is 231 Å². The average molecular weight is 1440 g/mol. The summed E-state index contributed by atoms with van der Waals surface area (Å²) in [5.74, 6) is -1.59. The zero-order valence-corrected chi connectivity index (χ0v) is 65.0. The predicted molar refractivity (Wildman–Crippen MR) is 389 cm³/mol. The molecule has 3 amide bonds. The van der Waals surface area contributed by atoms with Crippen LogP contribution in [0.15, 0.2) is 72.8 Å². The van der Waals surface area contributed by atoms with Crippen molar-refractivity contribution in [3.63, 3.8) is 0 Å². The van der Waals surface area contributed by atoms with Gasteiger partial charge in [-0.05, 0) is 125 Å². The Kier molecular flexibility index (Phi) is 58.2. The zero-order valence-electron chi connectivity index (χ0n) is 62.2. The molecule has 0 heterocycles. The van der Waals surface area contributed by atoms with Gasteiger partial charge in [-0.2, -0.15) is 0 Å². The molecule has 0 aliphatic carbocycles. The van der Waals surface area contributed by atoms with Crippen LogP contribution in [0, 0.1) is 0 Å². The fraction of sp³-hybridized carbons (Fsp3) is 0.688. The molecule has 0 radical (unpaired) electrons. The Hall–Kier alpha value is -5.81. The maximum Gasteiger partial charge on any atom is 1.00 e. The van der Waals surface area contributed by atoms with E-state index in [4.69, 9.17) is 38.6 Å². The minimum Gasteiger partial charge on any atom is -0.748 e. The van der Waals surface area contributed by atoms with E-state index in [9.17, 15) is 46.8 Å². The van der Waals surface area contributed by atoms with E-state index in [-0.39, 0.29) is 74.0 Å². The van der Waals surface area contributed by atoms with E-state index in [2.05, 4.69) is 36.7 Å². The summed E-state index contributed by atoms with van der Waals surface area (Å²) in [6, 6.07) is 21.1. The van der Waals surface area contributed by atoms with Crippen LogP contribution in [0.5, 0.6) is 17.2 Å². The molecule has 3 aromatic rings. The van der Waals surface area contributed by atoms with Crippen LogP contribution in [0.1, 0.15) is 314 Å². The normalized spacial score (nSPS) is 12.1. The molecular formula is C77H126N3NaO18S. The van der Waals surface area contributed by atoms with Crippen molar-refractivity contribution in [1.29, 1.82) is 0 Å². The Labute approximate surface area is 622 Å². The molecule has 0 spiro atoms. The van der Waals surface area contributed by atoms with Crippen molar-refractivity contribution in [2.75, 3.05) is 33.1 Å². The average Bonchev–Trinajstić information content (AvgIpc) is 0.892. The number of hydrogen-bond acceptors (Lipinski definition) is 15. The third-order valence-electron chi connectivity index (χ3n) is 16.7. The van der Waals surface area contributed by atoms with Crippen LogP contribution < -0.4 is 59.7 Å². The number of nitrogens with one attached hydrogen (secondary N) is 3. The zero-order chi connectivity index (χ0) is 73.2. The summed E-state index contributed by atoms with van der Waals surface area (Å²) in [6.07, 6.45) is 35.7. The summed E-state index contributed by atoms with van der Waals surface area (Å²) in [4.78, 5) is 69.5. The number of benzene rings is 3. The second-order valence-corrected chi connectivity index (χ2v) is 27.3. The fourth-order valence-electron chi connectivity index (χ4n) is 11.0. The number of carbonyl (C=O) groups excluding carboxylic acids is 3. The number of hydrogen-bond donors (Lipinski definition) is 6. The van der Waals surface area contributed by atoms with Crippen molar-refractivity contribution in [1.82, 2.24) is 16.0 Å². The van der Waals surface area contributed by atoms with Gasteiger partial charge < -0.3 is 64.2 Å². The number of carbonyl (C=O) groups is 6. The van der Waals surface area contributed by atoms with Crippen molar-refractivity contribution in [2.24, 2.45) is 0 Å². The first kappa shape index (κ1) is 94.2. The van der Waals surface area contributed by atoms with E-state index in [0.717, 1.165) is 79.6 Å². The third kappa shape index (κ3) is 53.1. The molecule has 23 heteroatoms. The van der Waals surface area contributed by atoms with Gasteiger partial charge in [-0.25, -0.2) is 27.6 Å². The molecular weight excluding hydrogens is 1310 g/mol. The maximum atomic E-state index is 12.4. The molecule has 4 atom stereocenters. The van der Waals surface area contributed by atoms with Crippen LogP contribution in [0.4, 0.5) is 14.4 Å². The summed E-state index contributed by atoms with van der Waals surface area (Å²) in [5, 5.41) is 34.2. The summed E-state index contributed by atoms with van der Waals surface area (Å²) < 4.78 is 65.1. The van der Waals surface area contributed by atoms with Gasteiger partial charge in [0.05, 0.1) is 30.4 Å². The van der Waals surface area contributed by atoms with E-state index in [1.807, 2.05) is 74.5 Å². The first-order chi connectivity index (χ1) is 47.6. The van der Waals surface area contributed by atoms with E-state index in [1.54, 1.807) is 26.4 Å². The molecule has 3 aromatic carbocycles. The van der Waals surface area contributed by atoms with Gasteiger partial charge >= 0.3 is 65.7 Å². The molecule has 6 N–H and O–H groups in total. The number of rotatable bonds is 56. The Bertz CT molecular complexity index is 2670. The van der Waals surface area contributed by atoms with Crippen molar-refractivity contribution in [3.05, 3.63) is 89.5 Å². The molecule has 0 aliphatic heterocycles. The van der Waals surface area contributed by atoms with Crippen molar-refractivity contribution in [3.8, 4) is 17.2 Å². The van der Waals surface area contributed by atoms with Gasteiger partial charge in [0.25, 0.3) is 0 Å². The largest absolute Gasteiger partial charge is 1.00 e. The van der Waals surface area contributed by atoms with Crippen LogP contribution in [0.25, 0.3) is 0 Å². The minimum absolute atomic E-state index is 0. The second-order valence-electron chi connectivity index (χ2n) is 25.8. The van der Waals surface area contributed by atoms with Crippen LogP contribution in [0.2, 0.25) is 0 Å². The van der Waals surface area contributed by atoms with Crippen LogP contribution in [0.3, 0.4) is 0 Å². The smallest absolute Gasteiger partial charge is 0.748 e. The van der Waals surface area contributed by atoms with E-state index >= 15 is 0 Å². The Balaban J connectivity index is 0.00000146. The molecule has 0 saturated heterocycles. The summed E-state index contributed by atoms with van der Waals surface area (Å²) in [7, 11) is -1.09. The number of ether oxygens (including phenoxy) is 6. The first-order valence-electron chi connectivity index (χ1n) is 37.1. The Morgan fingerprint density at radius 3 is 1.00 bits per heavy atom. The molecule has 0 aliphatic rings. The summed E-state index contributed by atoms with van der Waals surface area (Å²) in [5.41, 5.74) is 2.63. The van der Waals surface area contributed by atoms with Crippen LogP contribution in [-0.2, 0) is 38.7 Å². The second kappa shape index (κ2) is 61.8. The molecule has 4 unspecified atom stereocenters. The van der Waals surface area contributed by atoms with Gasteiger partial charge in [0, 0.05) is 31.7 Å². The number of unbranched alkanes of at least 4 members (excludes halogenated alkanes) is 27. The van der Waals surface area contributed by atoms with Gasteiger partial charge in [0.1, 0.15) is 41.6 Å². The molecule has 0 bridgehead atoms. The van der Waals surface area contributed by atoms with Crippen molar-refractivity contribution >= 4 is 46.3 Å². The SMILES string of the molecule is CCCCCCCCCCCCC(OC(=O)NC(CCC(=O)O)C(=O)O)c1ccc(OC)cc1.CCCCCCCCCCCCC(OC(=O)NCCCC(=O)O)c1ccc(OC)cc1.CCCCCCCCCCCCC(OC(=O)NCCCS(=O)(=O)[O-])c1ccc(OC(C)C)cc1.[Na+]. The van der Waals surface area contributed by atoms with Gasteiger partial charge in [-0.15, -0.1) is 0 Å². The van der Waals surface area contributed by atoms with Crippen LogP contribution >= 0.6 is 0 Å².